The molecule has 2 N–H and O–H groups in total. The van der Waals surface area contributed by atoms with Gasteiger partial charge in [-0.1, -0.05) is 6.08 Å². The van der Waals surface area contributed by atoms with E-state index in [1.54, 1.807) is 7.11 Å². The van der Waals surface area contributed by atoms with Gasteiger partial charge in [0.25, 0.3) is 0 Å². The smallest absolute Gasteiger partial charge is 0.241 e. The van der Waals surface area contributed by atoms with E-state index in [2.05, 4.69) is 22.2 Å². The summed E-state index contributed by atoms with van der Waals surface area (Å²) in [5, 5.41) is 5.92. The Morgan fingerprint density at radius 1 is 1.45 bits per heavy atom. The lowest BCUT2D eigenvalue weighted by Gasteiger charge is -2.21. The predicted molar refractivity (Wildman–Crippen MR) is 82.9 cm³/mol. The van der Waals surface area contributed by atoms with E-state index >= 15 is 0 Å². The first kappa shape index (κ1) is 18.4. The number of aliphatic imine (C=N–C) groups is 1. The summed E-state index contributed by atoms with van der Waals surface area (Å²) in [5.74, 6) is 0.649. The number of carbonyl (C=O) groups excluding carboxylic acids is 1. The number of methoxy groups -OCH3 is 1. The molecule has 0 aliphatic carbocycles. The van der Waals surface area contributed by atoms with Gasteiger partial charge in [0.1, 0.15) is 6.54 Å². The molecule has 0 aromatic heterocycles. The number of carbonyl (C=O) groups is 1. The monoisotopic (exact) mass is 284 g/mol. The van der Waals surface area contributed by atoms with Crippen molar-refractivity contribution in [2.45, 2.75) is 19.8 Å². The van der Waals surface area contributed by atoms with Gasteiger partial charge in [0.05, 0.1) is 6.61 Å². The van der Waals surface area contributed by atoms with E-state index in [0.717, 1.165) is 31.9 Å². The average molecular weight is 284 g/mol. The summed E-state index contributed by atoms with van der Waals surface area (Å²) in [4.78, 5) is 17.9. The van der Waals surface area contributed by atoms with E-state index in [1.165, 1.54) is 0 Å². The molecule has 1 amide bonds. The van der Waals surface area contributed by atoms with Crippen molar-refractivity contribution in [3.8, 4) is 0 Å². The molecule has 0 fully saturated rings. The lowest BCUT2D eigenvalue weighted by molar-refractivity contribution is -0.119. The third-order valence-electron chi connectivity index (χ3n) is 2.60. The Balaban J connectivity index is 4.22. The maximum atomic E-state index is 11.6. The van der Waals surface area contributed by atoms with Gasteiger partial charge in [-0.2, -0.15) is 0 Å². The topological polar surface area (TPSA) is 66.0 Å². The van der Waals surface area contributed by atoms with Gasteiger partial charge in [-0.3, -0.25) is 4.79 Å². The SMILES string of the molecule is C=CCCCN(C)C(=NCC(=O)NCCOC)NCC. The zero-order valence-corrected chi connectivity index (χ0v) is 12.9. The Hall–Kier alpha value is -1.56. The number of nitrogens with zero attached hydrogens (tertiary/aromatic N) is 2. The van der Waals surface area contributed by atoms with E-state index in [0.29, 0.717) is 13.2 Å². The molecular weight excluding hydrogens is 256 g/mol. The summed E-state index contributed by atoms with van der Waals surface area (Å²) in [6.45, 7) is 8.51. The van der Waals surface area contributed by atoms with Crippen molar-refractivity contribution in [2.24, 2.45) is 4.99 Å². The second kappa shape index (κ2) is 12.5. The highest BCUT2D eigenvalue weighted by Crippen LogP contribution is 1.94. The number of hydrogen-bond donors (Lipinski definition) is 2. The molecule has 116 valence electrons. The van der Waals surface area contributed by atoms with Crippen LogP contribution in [0.25, 0.3) is 0 Å². The van der Waals surface area contributed by atoms with Gasteiger partial charge in [0, 0.05) is 33.8 Å². The van der Waals surface area contributed by atoms with Crippen LogP contribution in [0.2, 0.25) is 0 Å². The van der Waals surface area contributed by atoms with Crippen LogP contribution in [0.4, 0.5) is 0 Å². The Kier molecular flexibility index (Phi) is 11.5. The van der Waals surface area contributed by atoms with Gasteiger partial charge in [-0.15, -0.1) is 6.58 Å². The molecule has 0 heterocycles. The van der Waals surface area contributed by atoms with Crippen LogP contribution >= 0.6 is 0 Å². The zero-order chi connectivity index (χ0) is 15.2. The van der Waals surface area contributed by atoms with Crippen molar-refractivity contribution in [1.29, 1.82) is 0 Å². The fourth-order valence-corrected chi connectivity index (χ4v) is 1.54. The number of rotatable bonds is 10. The highest BCUT2D eigenvalue weighted by Gasteiger charge is 2.06. The number of hydrogen-bond acceptors (Lipinski definition) is 3. The van der Waals surface area contributed by atoms with Gasteiger partial charge in [0.15, 0.2) is 5.96 Å². The third kappa shape index (κ3) is 9.38. The van der Waals surface area contributed by atoms with E-state index in [-0.39, 0.29) is 12.5 Å². The molecule has 0 unspecified atom stereocenters. The van der Waals surface area contributed by atoms with E-state index in [9.17, 15) is 4.79 Å². The third-order valence-corrected chi connectivity index (χ3v) is 2.60. The van der Waals surface area contributed by atoms with Crippen molar-refractivity contribution < 1.29 is 9.53 Å². The van der Waals surface area contributed by atoms with E-state index in [4.69, 9.17) is 4.74 Å². The molecule has 0 saturated carbocycles. The normalized spacial score (nSPS) is 11.1. The molecule has 0 aromatic carbocycles. The minimum absolute atomic E-state index is 0.100. The summed E-state index contributed by atoms with van der Waals surface area (Å²) < 4.78 is 4.87. The number of allylic oxidation sites excluding steroid dienone is 1. The maximum absolute atomic E-state index is 11.6. The minimum Gasteiger partial charge on any atom is -0.383 e. The van der Waals surface area contributed by atoms with Crippen LogP contribution in [0.1, 0.15) is 19.8 Å². The molecule has 0 aliphatic heterocycles. The maximum Gasteiger partial charge on any atom is 0.241 e. The molecule has 0 aliphatic rings. The van der Waals surface area contributed by atoms with Crippen molar-refractivity contribution in [2.75, 3.05) is 46.9 Å². The Bertz CT molecular complexity index is 306. The largest absolute Gasteiger partial charge is 0.383 e. The van der Waals surface area contributed by atoms with Crippen molar-refractivity contribution >= 4 is 11.9 Å². The molecule has 0 saturated heterocycles. The number of ether oxygens (including phenoxy) is 1. The fraction of sp³-hybridized carbons (Fsp3) is 0.714. The highest BCUT2D eigenvalue weighted by atomic mass is 16.5. The average Bonchev–Trinajstić information content (AvgIpc) is 2.43. The molecule has 0 spiro atoms. The van der Waals surface area contributed by atoms with E-state index in [1.807, 2.05) is 24.9 Å². The summed E-state index contributed by atoms with van der Waals surface area (Å²) in [5.41, 5.74) is 0. The second-order valence-electron chi connectivity index (χ2n) is 4.37. The number of nitrogens with one attached hydrogen (secondary N) is 2. The first-order chi connectivity index (χ1) is 9.65. The van der Waals surface area contributed by atoms with Gasteiger partial charge < -0.3 is 20.3 Å². The Morgan fingerprint density at radius 2 is 2.20 bits per heavy atom. The first-order valence-electron chi connectivity index (χ1n) is 7.01. The molecule has 0 bridgehead atoms. The summed E-state index contributed by atoms with van der Waals surface area (Å²) in [6.07, 6.45) is 3.90. The van der Waals surface area contributed by atoms with Crippen molar-refractivity contribution in [1.82, 2.24) is 15.5 Å². The number of unbranched alkanes of at least 4 members (excludes halogenated alkanes) is 1. The van der Waals surface area contributed by atoms with Crippen LogP contribution in [-0.4, -0.2) is 63.7 Å². The highest BCUT2D eigenvalue weighted by molar-refractivity contribution is 5.84. The standard InChI is InChI=1S/C14H28N4O2/c1-5-7-8-10-18(3)14(15-6-2)17-12-13(19)16-9-11-20-4/h5H,1,6-12H2,2-4H3,(H,15,17)(H,16,19). The van der Waals surface area contributed by atoms with Gasteiger partial charge in [-0.05, 0) is 19.8 Å². The van der Waals surface area contributed by atoms with Gasteiger partial charge in [-0.25, -0.2) is 4.99 Å². The van der Waals surface area contributed by atoms with Crippen LogP contribution in [0.5, 0.6) is 0 Å². The molecule has 6 nitrogen and oxygen atoms in total. The number of guanidine groups is 1. The van der Waals surface area contributed by atoms with Crippen LogP contribution < -0.4 is 10.6 Å². The first-order valence-corrected chi connectivity index (χ1v) is 7.01. The number of amides is 1. The molecule has 20 heavy (non-hydrogen) atoms. The van der Waals surface area contributed by atoms with E-state index < -0.39 is 0 Å². The fourth-order valence-electron chi connectivity index (χ4n) is 1.54. The predicted octanol–water partition coefficient (Wildman–Crippen LogP) is 0.613. The lowest BCUT2D eigenvalue weighted by atomic mass is 10.3. The molecule has 0 rings (SSSR count). The zero-order valence-electron chi connectivity index (χ0n) is 12.9. The van der Waals surface area contributed by atoms with Crippen LogP contribution in [0, 0.1) is 0 Å². The van der Waals surface area contributed by atoms with Crippen molar-refractivity contribution in [3.05, 3.63) is 12.7 Å². The minimum atomic E-state index is -0.100. The molecule has 6 heteroatoms. The molecule has 0 aromatic rings. The molecular formula is C14H28N4O2. The lowest BCUT2D eigenvalue weighted by Crippen LogP contribution is -2.40. The Labute approximate surface area is 122 Å². The van der Waals surface area contributed by atoms with Crippen LogP contribution in [0.3, 0.4) is 0 Å². The van der Waals surface area contributed by atoms with Crippen LogP contribution in [0.15, 0.2) is 17.6 Å². The summed E-state index contributed by atoms with van der Waals surface area (Å²) in [7, 11) is 3.57. The summed E-state index contributed by atoms with van der Waals surface area (Å²) in [6, 6.07) is 0. The van der Waals surface area contributed by atoms with Gasteiger partial charge >= 0.3 is 0 Å². The quantitative estimate of drug-likeness (QED) is 0.267. The van der Waals surface area contributed by atoms with Crippen molar-refractivity contribution in [3.63, 3.8) is 0 Å². The molecule has 0 atom stereocenters. The second-order valence-corrected chi connectivity index (χ2v) is 4.37. The van der Waals surface area contributed by atoms with Gasteiger partial charge in [0.2, 0.25) is 5.91 Å². The Morgan fingerprint density at radius 3 is 2.80 bits per heavy atom. The molecule has 0 radical (unpaired) electrons. The van der Waals surface area contributed by atoms with Crippen LogP contribution in [-0.2, 0) is 9.53 Å². The summed E-state index contributed by atoms with van der Waals surface area (Å²) >= 11 is 0.